The first-order valence-electron chi connectivity index (χ1n) is 7.98. The maximum atomic E-state index is 11.8. The second kappa shape index (κ2) is 6.80. The number of likely N-dealkylation sites (tertiary alicyclic amines) is 1. The van der Waals surface area contributed by atoms with E-state index in [-0.39, 0.29) is 5.75 Å². The average molecular weight is 334 g/mol. The number of hydrogen-bond acceptors (Lipinski definition) is 5. The number of nitrogens with one attached hydrogen (secondary N) is 1. The van der Waals surface area contributed by atoms with Crippen LogP contribution < -0.4 is 0 Å². The number of nitrogens with zero attached hydrogens (tertiary/aromatic N) is 3. The molecule has 3 rings (SSSR count). The zero-order chi connectivity index (χ0) is 16.3. The molecule has 1 aromatic heterocycles. The van der Waals surface area contributed by atoms with Crippen LogP contribution in [0.25, 0.3) is 0 Å². The van der Waals surface area contributed by atoms with Crippen molar-refractivity contribution in [2.45, 2.75) is 37.1 Å². The quantitative estimate of drug-likeness (QED) is 0.904. The van der Waals surface area contributed by atoms with E-state index in [1.807, 2.05) is 12.1 Å². The van der Waals surface area contributed by atoms with Gasteiger partial charge in [-0.2, -0.15) is 5.10 Å². The van der Waals surface area contributed by atoms with Gasteiger partial charge in [0.05, 0.1) is 10.6 Å². The summed E-state index contributed by atoms with van der Waals surface area (Å²) >= 11 is 0. The van der Waals surface area contributed by atoms with Crippen molar-refractivity contribution in [3.05, 3.63) is 42.0 Å². The van der Waals surface area contributed by atoms with E-state index in [9.17, 15) is 8.42 Å². The first-order chi connectivity index (χ1) is 11.1. The fourth-order valence-electron chi connectivity index (χ4n) is 3.00. The van der Waals surface area contributed by atoms with Gasteiger partial charge in [0, 0.05) is 12.5 Å². The molecule has 0 bridgehead atoms. The summed E-state index contributed by atoms with van der Waals surface area (Å²) in [5, 5.41) is 6.88. The first kappa shape index (κ1) is 16.1. The van der Waals surface area contributed by atoms with Gasteiger partial charge >= 0.3 is 0 Å². The smallest absolute Gasteiger partial charge is 0.178 e. The fourth-order valence-corrected chi connectivity index (χ4v) is 3.89. The number of hydrogen-bond donors (Lipinski definition) is 1. The minimum absolute atomic E-state index is 0.140. The van der Waals surface area contributed by atoms with Crippen molar-refractivity contribution in [2.75, 3.05) is 18.8 Å². The van der Waals surface area contributed by atoms with Crippen LogP contribution in [0, 0.1) is 0 Å². The number of H-pyrrole nitrogens is 1. The Morgan fingerprint density at radius 3 is 2.48 bits per heavy atom. The Hall–Kier alpha value is -1.73. The molecule has 1 N–H and O–H groups in total. The lowest BCUT2D eigenvalue weighted by Crippen LogP contribution is -2.32. The summed E-state index contributed by atoms with van der Waals surface area (Å²) in [6, 6.07) is 7.28. The van der Waals surface area contributed by atoms with E-state index >= 15 is 0 Å². The van der Waals surface area contributed by atoms with Crippen molar-refractivity contribution in [3.63, 3.8) is 0 Å². The van der Waals surface area contributed by atoms with Crippen LogP contribution in [0.1, 0.15) is 37.1 Å². The molecular weight excluding hydrogens is 312 g/mol. The molecule has 124 valence electrons. The molecule has 0 unspecified atom stereocenters. The van der Waals surface area contributed by atoms with Crippen molar-refractivity contribution in [1.82, 2.24) is 20.1 Å². The number of rotatable bonds is 5. The van der Waals surface area contributed by atoms with Crippen molar-refractivity contribution < 1.29 is 8.42 Å². The monoisotopic (exact) mass is 334 g/mol. The van der Waals surface area contributed by atoms with Crippen LogP contribution in [0.5, 0.6) is 0 Å². The minimum Gasteiger partial charge on any atom is -0.299 e. The summed E-state index contributed by atoms with van der Waals surface area (Å²) in [6.07, 6.45) is 3.70. The summed E-state index contributed by atoms with van der Waals surface area (Å²) in [7, 11) is -3.11. The predicted octanol–water partition coefficient (Wildman–Crippen LogP) is 1.98. The Labute approximate surface area is 136 Å². The molecule has 7 heteroatoms. The third-order valence-corrected chi connectivity index (χ3v) is 6.23. The topological polar surface area (TPSA) is 79.0 Å². The van der Waals surface area contributed by atoms with Gasteiger partial charge in [0.2, 0.25) is 0 Å². The Morgan fingerprint density at radius 1 is 1.22 bits per heavy atom. The first-order valence-corrected chi connectivity index (χ1v) is 9.63. The van der Waals surface area contributed by atoms with Crippen LogP contribution in [0.4, 0.5) is 0 Å². The lowest BCUT2D eigenvalue weighted by molar-refractivity contribution is 0.202. The SMILES string of the molecule is CCS(=O)(=O)c1ccc(CN2CCC(c3ncn[nH]3)CC2)cc1. The maximum Gasteiger partial charge on any atom is 0.178 e. The van der Waals surface area contributed by atoms with Crippen LogP contribution in [0.15, 0.2) is 35.5 Å². The van der Waals surface area contributed by atoms with Gasteiger partial charge in [0.1, 0.15) is 12.2 Å². The Balaban J connectivity index is 1.57. The van der Waals surface area contributed by atoms with Crippen LogP contribution in [0.3, 0.4) is 0 Å². The van der Waals surface area contributed by atoms with E-state index in [2.05, 4.69) is 20.1 Å². The molecule has 0 radical (unpaired) electrons. The summed E-state index contributed by atoms with van der Waals surface area (Å²) < 4.78 is 23.7. The second-order valence-corrected chi connectivity index (χ2v) is 8.25. The number of aromatic nitrogens is 3. The molecule has 1 fully saturated rings. The summed E-state index contributed by atoms with van der Waals surface area (Å²) in [4.78, 5) is 7.06. The highest BCUT2D eigenvalue weighted by Crippen LogP contribution is 2.26. The van der Waals surface area contributed by atoms with Gasteiger partial charge in [-0.3, -0.25) is 10.00 Å². The molecule has 1 aliphatic heterocycles. The zero-order valence-electron chi connectivity index (χ0n) is 13.3. The molecule has 0 amide bonds. The highest BCUT2D eigenvalue weighted by Gasteiger charge is 2.22. The molecule has 23 heavy (non-hydrogen) atoms. The standard InChI is InChI=1S/C16H22N4O2S/c1-2-23(21,22)15-5-3-13(4-6-15)11-20-9-7-14(8-10-20)16-17-12-18-19-16/h3-6,12,14H,2,7-11H2,1H3,(H,17,18,19). The van der Waals surface area contributed by atoms with Gasteiger partial charge < -0.3 is 0 Å². The van der Waals surface area contributed by atoms with Gasteiger partial charge in [-0.15, -0.1) is 0 Å². The molecule has 2 aromatic rings. The van der Waals surface area contributed by atoms with Crippen molar-refractivity contribution in [2.24, 2.45) is 0 Å². The van der Waals surface area contributed by atoms with E-state index in [1.165, 1.54) is 0 Å². The molecule has 0 atom stereocenters. The van der Waals surface area contributed by atoms with Crippen LogP contribution in [-0.4, -0.2) is 47.3 Å². The van der Waals surface area contributed by atoms with Gasteiger partial charge in [0.25, 0.3) is 0 Å². The normalized spacial score (nSPS) is 17.4. The molecular formula is C16H22N4O2S. The average Bonchev–Trinajstić information content (AvgIpc) is 3.11. The highest BCUT2D eigenvalue weighted by molar-refractivity contribution is 7.91. The third-order valence-electron chi connectivity index (χ3n) is 4.48. The van der Waals surface area contributed by atoms with Crippen LogP contribution in [-0.2, 0) is 16.4 Å². The number of sulfone groups is 1. The van der Waals surface area contributed by atoms with Crippen molar-refractivity contribution in [3.8, 4) is 0 Å². The molecule has 1 saturated heterocycles. The number of piperidine rings is 1. The molecule has 1 aromatic carbocycles. The third kappa shape index (κ3) is 3.79. The highest BCUT2D eigenvalue weighted by atomic mass is 32.2. The fraction of sp³-hybridized carbons (Fsp3) is 0.500. The lowest BCUT2D eigenvalue weighted by Gasteiger charge is -2.30. The maximum absolute atomic E-state index is 11.8. The number of benzene rings is 1. The Kier molecular flexibility index (Phi) is 4.77. The van der Waals surface area contributed by atoms with E-state index in [0.29, 0.717) is 10.8 Å². The largest absolute Gasteiger partial charge is 0.299 e. The van der Waals surface area contributed by atoms with Gasteiger partial charge in [-0.25, -0.2) is 13.4 Å². The van der Waals surface area contributed by atoms with Gasteiger partial charge in [-0.05, 0) is 43.6 Å². The molecule has 0 saturated carbocycles. The summed E-state index contributed by atoms with van der Waals surface area (Å²) in [5.74, 6) is 1.59. The van der Waals surface area contributed by atoms with Gasteiger partial charge in [0.15, 0.2) is 9.84 Å². The Bertz CT molecular complexity index is 718. The van der Waals surface area contributed by atoms with Crippen LogP contribution in [0.2, 0.25) is 0 Å². The van der Waals surface area contributed by atoms with E-state index < -0.39 is 9.84 Å². The zero-order valence-corrected chi connectivity index (χ0v) is 14.1. The van der Waals surface area contributed by atoms with Crippen molar-refractivity contribution >= 4 is 9.84 Å². The lowest BCUT2D eigenvalue weighted by atomic mass is 9.96. The minimum atomic E-state index is -3.11. The molecule has 0 aliphatic carbocycles. The predicted molar refractivity (Wildman–Crippen MR) is 87.8 cm³/mol. The van der Waals surface area contributed by atoms with E-state index in [4.69, 9.17) is 0 Å². The van der Waals surface area contributed by atoms with Gasteiger partial charge in [-0.1, -0.05) is 19.1 Å². The molecule has 1 aliphatic rings. The molecule has 0 spiro atoms. The van der Waals surface area contributed by atoms with E-state index in [0.717, 1.165) is 43.9 Å². The summed E-state index contributed by atoms with van der Waals surface area (Å²) in [5.41, 5.74) is 1.15. The molecule has 2 heterocycles. The van der Waals surface area contributed by atoms with Crippen molar-refractivity contribution in [1.29, 1.82) is 0 Å². The van der Waals surface area contributed by atoms with E-state index in [1.54, 1.807) is 25.4 Å². The number of aromatic amines is 1. The second-order valence-electron chi connectivity index (χ2n) is 5.97. The molecule has 6 nitrogen and oxygen atoms in total. The summed E-state index contributed by atoms with van der Waals surface area (Å²) in [6.45, 7) is 4.55. The Morgan fingerprint density at radius 2 is 1.91 bits per heavy atom. The van der Waals surface area contributed by atoms with Crippen LogP contribution >= 0.6 is 0 Å².